The Balaban J connectivity index is 1.85. The molecule has 0 bridgehead atoms. The van der Waals surface area contributed by atoms with E-state index in [0.717, 1.165) is 12.8 Å². The number of anilines is 1. The van der Waals surface area contributed by atoms with Crippen LogP contribution < -0.4 is 10.6 Å². The second-order valence-electron chi connectivity index (χ2n) is 6.49. The summed E-state index contributed by atoms with van der Waals surface area (Å²) < 4.78 is 5.31. The molecule has 1 aromatic carbocycles. The Kier molecular flexibility index (Phi) is 7.73. The monoisotopic (exact) mass is 348 g/mol. The predicted octanol–water partition coefficient (Wildman–Crippen LogP) is 2.33. The third-order valence-corrected chi connectivity index (χ3v) is 4.52. The van der Waals surface area contributed by atoms with Gasteiger partial charge >= 0.3 is 5.97 Å². The van der Waals surface area contributed by atoms with Crippen LogP contribution in [0.3, 0.4) is 0 Å². The van der Waals surface area contributed by atoms with E-state index in [9.17, 15) is 9.59 Å². The van der Waals surface area contributed by atoms with Gasteiger partial charge in [0.15, 0.2) is 6.10 Å². The van der Waals surface area contributed by atoms with E-state index in [2.05, 4.69) is 10.6 Å². The number of ether oxygens (including phenoxy) is 1. The van der Waals surface area contributed by atoms with Crippen molar-refractivity contribution in [3.8, 4) is 0 Å². The minimum Gasteiger partial charge on any atom is -0.449 e. The number of para-hydroxylation sites is 1. The average molecular weight is 348 g/mol. The van der Waals surface area contributed by atoms with E-state index in [1.165, 1.54) is 19.3 Å². The maximum Gasteiger partial charge on any atom is 0.341 e. The van der Waals surface area contributed by atoms with Gasteiger partial charge in [-0.15, -0.1) is 0 Å². The van der Waals surface area contributed by atoms with Crippen LogP contribution >= 0.6 is 0 Å². The Bertz CT molecular complexity index is 570. The number of hydrogen-bond donors (Lipinski definition) is 3. The van der Waals surface area contributed by atoms with Crippen LogP contribution in [0, 0.1) is 5.92 Å². The molecule has 0 radical (unpaired) electrons. The van der Waals surface area contributed by atoms with Gasteiger partial charge in [-0.1, -0.05) is 31.4 Å². The molecular formula is C19H28N2O4. The molecule has 1 aromatic rings. The van der Waals surface area contributed by atoms with E-state index < -0.39 is 12.1 Å². The molecule has 2 rings (SSSR count). The van der Waals surface area contributed by atoms with Crippen LogP contribution in [0.5, 0.6) is 0 Å². The van der Waals surface area contributed by atoms with E-state index in [1.54, 1.807) is 31.2 Å². The molecule has 0 heterocycles. The number of hydrogen-bond acceptors (Lipinski definition) is 5. The van der Waals surface area contributed by atoms with Crippen molar-refractivity contribution in [3.05, 3.63) is 29.8 Å². The highest BCUT2D eigenvalue weighted by molar-refractivity contribution is 5.97. The predicted molar refractivity (Wildman–Crippen MR) is 96.5 cm³/mol. The zero-order valence-electron chi connectivity index (χ0n) is 14.8. The fraction of sp³-hybridized carbons (Fsp3) is 0.579. The lowest BCUT2D eigenvalue weighted by molar-refractivity contribution is -0.129. The van der Waals surface area contributed by atoms with E-state index in [4.69, 9.17) is 9.84 Å². The van der Waals surface area contributed by atoms with Gasteiger partial charge in [-0.25, -0.2) is 4.79 Å². The molecule has 0 aliphatic heterocycles. The molecule has 6 heteroatoms. The number of benzene rings is 1. The number of aliphatic hydroxyl groups is 1. The Labute approximate surface area is 149 Å². The molecular weight excluding hydrogens is 320 g/mol. The summed E-state index contributed by atoms with van der Waals surface area (Å²) in [5.41, 5.74) is 0.930. The lowest BCUT2D eigenvalue weighted by Crippen LogP contribution is -2.38. The standard InChI is InChI=1S/C19H28N2O4/c1-14(18(23)21-13-15-7-3-2-4-8-15)25-19(24)16-9-5-6-10-17(16)20-11-12-22/h5-6,9-10,14-15,20,22H,2-4,7-8,11-13H2,1H3,(H,21,23). The van der Waals surface area contributed by atoms with Crippen LogP contribution in [0.25, 0.3) is 0 Å². The van der Waals surface area contributed by atoms with Gasteiger partial charge in [-0.2, -0.15) is 0 Å². The van der Waals surface area contributed by atoms with Crippen molar-refractivity contribution >= 4 is 17.6 Å². The zero-order chi connectivity index (χ0) is 18.1. The van der Waals surface area contributed by atoms with Gasteiger partial charge in [-0.3, -0.25) is 4.79 Å². The molecule has 138 valence electrons. The third kappa shape index (κ3) is 6.05. The minimum atomic E-state index is -0.845. The largest absolute Gasteiger partial charge is 0.449 e. The molecule has 3 N–H and O–H groups in total. The first-order valence-corrected chi connectivity index (χ1v) is 9.04. The van der Waals surface area contributed by atoms with Crippen molar-refractivity contribution in [2.24, 2.45) is 5.92 Å². The van der Waals surface area contributed by atoms with Crippen LogP contribution in [0.1, 0.15) is 49.4 Å². The number of nitrogens with one attached hydrogen (secondary N) is 2. The first-order valence-electron chi connectivity index (χ1n) is 9.04. The van der Waals surface area contributed by atoms with E-state index in [1.807, 2.05) is 0 Å². The molecule has 0 saturated heterocycles. The Morgan fingerprint density at radius 2 is 1.96 bits per heavy atom. The molecule has 0 aromatic heterocycles. The van der Waals surface area contributed by atoms with Crippen molar-refractivity contribution in [3.63, 3.8) is 0 Å². The lowest BCUT2D eigenvalue weighted by atomic mass is 9.89. The molecule has 1 fully saturated rings. The summed E-state index contributed by atoms with van der Waals surface area (Å²) in [7, 11) is 0. The molecule has 1 unspecified atom stereocenters. The summed E-state index contributed by atoms with van der Waals surface area (Å²) in [6, 6.07) is 6.89. The van der Waals surface area contributed by atoms with Crippen LogP contribution in [-0.4, -0.2) is 42.8 Å². The topological polar surface area (TPSA) is 87.7 Å². The fourth-order valence-corrected chi connectivity index (χ4v) is 3.06. The molecule has 1 atom stereocenters. The second kappa shape index (κ2) is 10.0. The summed E-state index contributed by atoms with van der Waals surface area (Å²) in [5, 5.41) is 14.8. The first kappa shape index (κ1) is 19.2. The van der Waals surface area contributed by atoms with Gasteiger partial charge in [0.1, 0.15) is 0 Å². The molecule has 1 aliphatic rings. The number of carbonyl (C=O) groups is 2. The van der Waals surface area contributed by atoms with E-state index in [-0.39, 0.29) is 12.5 Å². The van der Waals surface area contributed by atoms with Gasteiger partial charge in [0.2, 0.25) is 0 Å². The van der Waals surface area contributed by atoms with Crippen LogP contribution in [0.2, 0.25) is 0 Å². The Morgan fingerprint density at radius 3 is 2.68 bits per heavy atom. The normalized spacial score (nSPS) is 16.1. The number of carbonyl (C=O) groups excluding carboxylic acids is 2. The van der Waals surface area contributed by atoms with Crippen molar-refractivity contribution in [2.75, 3.05) is 25.0 Å². The molecule has 1 aliphatic carbocycles. The van der Waals surface area contributed by atoms with Crippen molar-refractivity contribution in [1.82, 2.24) is 5.32 Å². The van der Waals surface area contributed by atoms with E-state index >= 15 is 0 Å². The van der Waals surface area contributed by atoms with E-state index in [0.29, 0.717) is 30.3 Å². The highest BCUT2D eigenvalue weighted by atomic mass is 16.5. The Morgan fingerprint density at radius 1 is 1.24 bits per heavy atom. The third-order valence-electron chi connectivity index (χ3n) is 4.52. The van der Waals surface area contributed by atoms with Crippen molar-refractivity contribution < 1.29 is 19.4 Å². The first-order chi connectivity index (χ1) is 12.1. The summed E-state index contributed by atoms with van der Waals surface area (Å²) in [4.78, 5) is 24.5. The maximum atomic E-state index is 12.3. The van der Waals surface area contributed by atoms with Crippen LogP contribution in [0.4, 0.5) is 5.69 Å². The number of esters is 1. The summed E-state index contributed by atoms with van der Waals surface area (Å²) in [6.07, 6.45) is 5.19. The molecule has 6 nitrogen and oxygen atoms in total. The SMILES string of the molecule is CC(OC(=O)c1ccccc1NCCO)C(=O)NCC1CCCCC1. The van der Waals surface area contributed by atoms with Gasteiger partial charge in [0.25, 0.3) is 5.91 Å². The summed E-state index contributed by atoms with van der Waals surface area (Å²) in [5.74, 6) is -0.287. The zero-order valence-corrected chi connectivity index (χ0v) is 14.8. The summed E-state index contributed by atoms with van der Waals surface area (Å²) in [6.45, 7) is 2.53. The molecule has 1 amide bonds. The maximum absolute atomic E-state index is 12.3. The molecule has 1 saturated carbocycles. The summed E-state index contributed by atoms with van der Waals surface area (Å²) >= 11 is 0. The Hall–Kier alpha value is -2.08. The minimum absolute atomic E-state index is 0.0383. The van der Waals surface area contributed by atoms with Crippen molar-refractivity contribution in [2.45, 2.75) is 45.1 Å². The van der Waals surface area contributed by atoms with Gasteiger partial charge in [0, 0.05) is 18.8 Å². The number of amides is 1. The van der Waals surface area contributed by atoms with Gasteiger partial charge in [0.05, 0.1) is 12.2 Å². The van der Waals surface area contributed by atoms with Crippen molar-refractivity contribution in [1.29, 1.82) is 0 Å². The van der Waals surface area contributed by atoms with Crippen LogP contribution in [-0.2, 0) is 9.53 Å². The quantitative estimate of drug-likeness (QED) is 0.628. The molecule has 25 heavy (non-hydrogen) atoms. The average Bonchev–Trinajstić information content (AvgIpc) is 2.65. The molecule has 0 spiro atoms. The highest BCUT2D eigenvalue weighted by Gasteiger charge is 2.22. The smallest absolute Gasteiger partial charge is 0.341 e. The number of aliphatic hydroxyl groups excluding tert-OH is 1. The fourth-order valence-electron chi connectivity index (χ4n) is 3.06. The second-order valence-corrected chi connectivity index (χ2v) is 6.49. The van der Waals surface area contributed by atoms with Gasteiger partial charge < -0.3 is 20.5 Å². The van der Waals surface area contributed by atoms with Crippen LogP contribution in [0.15, 0.2) is 24.3 Å². The van der Waals surface area contributed by atoms with Gasteiger partial charge in [-0.05, 0) is 37.8 Å². The number of rotatable bonds is 8. The highest BCUT2D eigenvalue weighted by Crippen LogP contribution is 2.22. The lowest BCUT2D eigenvalue weighted by Gasteiger charge is -2.22.